The van der Waals surface area contributed by atoms with Gasteiger partial charge in [0.1, 0.15) is 0 Å². The number of nitrogens with zero attached hydrogens (tertiary/aromatic N) is 2. The number of fused-ring (bicyclic) bond motifs is 1. The van der Waals surface area contributed by atoms with Crippen molar-refractivity contribution in [2.24, 2.45) is 0 Å². The highest BCUT2D eigenvalue weighted by Crippen LogP contribution is 2.34. The Morgan fingerprint density at radius 1 is 1.24 bits per heavy atom. The number of para-hydroxylation sites is 2. The molecule has 0 saturated heterocycles. The van der Waals surface area contributed by atoms with Crippen LogP contribution in [0.2, 0.25) is 0 Å². The normalized spacial score (nSPS) is 17.7. The van der Waals surface area contributed by atoms with E-state index in [-0.39, 0.29) is 12.6 Å². The maximum absolute atomic E-state index is 13.9. The number of nitro groups is 1. The molecular weight excluding hydrogens is 349 g/mol. The van der Waals surface area contributed by atoms with Gasteiger partial charge in [-0.15, -0.1) is 0 Å². The lowest BCUT2D eigenvalue weighted by atomic mass is 10.2. The van der Waals surface area contributed by atoms with Crippen molar-refractivity contribution in [2.45, 2.75) is 24.4 Å². The fourth-order valence-electron chi connectivity index (χ4n) is 2.83. The van der Waals surface area contributed by atoms with E-state index in [2.05, 4.69) is 5.32 Å². The summed E-state index contributed by atoms with van der Waals surface area (Å²) in [5.74, 6) is -1.18. The SMILES string of the molecule is CC1CN(S(=O)(=O)c2cccc(F)c2[N+](=O)[O-])c2ccccc2CN1. The first-order valence-corrected chi connectivity index (χ1v) is 9.03. The summed E-state index contributed by atoms with van der Waals surface area (Å²) in [4.78, 5) is 9.56. The molecule has 25 heavy (non-hydrogen) atoms. The van der Waals surface area contributed by atoms with Crippen LogP contribution in [0.5, 0.6) is 0 Å². The molecule has 0 amide bonds. The zero-order valence-corrected chi connectivity index (χ0v) is 14.2. The Bertz CT molecular complexity index is 933. The fraction of sp³-hybridized carbons (Fsp3) is 0.250. The third-order valence-electron chi connectivity index (χ3n) is 4.04. The van der Waals surface area contributed by atoms with Gasteiger partial charge in [-0.3, -0.25) is 14.4 Å². The van der Waals surface area contributed by atoms with Gasteiger partial charge < -0.3 is 5.32 Å². The van der Waals surface area contributed by atoms with E-state index >= 15 is 0 Å². The molecule has 0 fully saturated rings. The van der Waals surface area contributed by atoms with Crippen molar-refractivity contribution in [3.8, 4) is 0 Å². The monoisotopic (exact) mass is 365 g/mol. The molecule has 1 atom stereocenters. The van der Waals surface area contributed by atoms with E-state index in [0.29, 0.717) is 12.2 Å². The van der Waals surface area contributed by atoms with E-state index in [9.17, 15) is 22.9 Å². The van der Waals surface area contributed by atoms with E-state index in [0.717, 1.165) is 28.1 Å². The summed E-state index contributed by atoms with van der Waals surface area (Å²) < 4.78 is 41.3. The smallest absolute Gasteiger partial charge is 0.308 e. The van der Waals surface area contributed by atoms with Gasteiger partial charge in [0, 0.05) is 19.1 Å². The Labute approximate surface area is 144 Å². The minimum atomic E-state index is -4.32. The molecule has 1 heterocycles. The van der Waals surface area contributed by atoms with Crippen LogP contribution in [0.3, 0.4) is 0 Å². The van der Waals surface area contributed by atoms with Crippen molar-refractivity contribution in [3.63, 3.8) is 0 Å². The van der Waals surface area contributed by atoms with Gasteiger partial charge in [0.2, 0.25) is 5.82 Å². The second kappa shape index (κ2) is 6.41. The van der Waals surface area contributed by atoms with Gasteiger partial charge in [-0.25, -0.2) is 8.42 Å². The van der Waals surface area contributed by atoms with E-state index in [1.54, 1.807) is 24.3 Å². The summed E-state index contributed by atoms with van der Waals surface area (Å²) >= 11 is 0. The number of anilines is 1. The van der Waals surface area contributed by atoms with Gasteiger partial charge in [0.15, 0.2) is 4.90 Å². The molecule has 0 saturated carbocycles. The van der Waals surface area contributed by atoms with Gasteiger partial charge in [-0.1, -0.05) is 24.3 Å². The van der Waals surface area contributed by atoms with Crippen molar-refractivity contribution in [1.29, 1.82) is 0 Å². The van der Waals surface area contributed by atoms with Crippen molar-refractivity contribution >= 4 is 21.4 Å². The first-order valence-electron chi connectivity index (χ1n) is 7.59. The second-order valence-electron chi connectivity index (χ2n) is 5.79. The van der Waals surface area contributed by atoms with Crippen LogP contribution < -0.4 is 9.62 Å². The third kappa shape index (κ3) is 3.08. The molecule has 0 aliphatic carbocycles. The predicted octanol–water partition coefficient (Wildman–Crippen LogP) is 2.42. The van der Waals surface area contributed by atoms with Crippen molar-refractivity contribution in [2.75, 3.05) is 10.8 Å². The van der Waals surface area contributed by atoms with Crippen molar-refractivity contribution in [3.05, 3.63) is 64.0 Å². The maximum atomic E-state index is 13.9. The van der Waals surface area contributed by atoms with E-state index in [1.807, 2.05) is 6.92 Å². The van der Waals surface area contributed by atoms with Crippen LogP contribution in [0.25, 0.3) is 0 Å². The summed E-state index contributed by atoms with van der Waals surface area (Å²) in [5.41, 5.74) is 0.136. The summed E-state index contributed by atoms with van der Waals surface area (Å²) in [6.07, 6.45) is 0. The largest absolute Gasteiger partial charge is 0.325 e. The Kier molecular flexibility index (Phi) is 4.44. The van der Waals surface area contributed by atoms with Crippen LogP contribution in [0.4, 0.5) is 15.8 Å². The van der Waals surface area contributed by atoms with Crippen LogP contribution in [0.15, 0.2) is 47.4 Å². The molecule has 0 spiro atoms. The van der Waals surface area contributed by atoms with Crippen LogP contribution in [0, 0.1) is 15.9 Å². The fourth-order valence-corrected chi connectivity index (χ4v) is 4.59. The average molecular weight is 365 g/mol. The maximum Gasteiger partial charge on any atom is 0.325 e. The summed E-state index contributed by atoms with van der Waals surface area (Å²) in [6.45, 7) is 2.36. The lowest BCUT2D eigenvalue weighted by Gasteiger charge is -2.25. The molecule has 1 N–H and O–H groups in total. The average Bonchev–Trinajstić information content (AvgIpc) is 2.74. The molecule has 3 rings (SSSR count). The number of hydrogen-bond donors (Lipinski definition) is 1. The highest BCUT2D eigenvalue weighted by molar-refractivity contribution is 7.93. The molecule has 1 unspecified atom stereocenters. The first-order chi connectivity index (χ1) is 11.8. The molecular formula is C16H16FN3O4S. The molecule has 0 bridgehead atoms. The zero-order valence-electron chi connectivity index (χ0n) is 13.3. The van der Waals surface area contributed by atoms with E-state index < -0.39 is 31.3 Å². The van der Waals surface area contributed by atoms with Gasteiger partial charge in [-0.2, -0.15) is 4.39 Å². The summed E-state index contributed by atoms with van der Waals surface area (Å²) in [7, 11) is -4.32. The first kappa shape index (κ1) is 17.3. The molecule has 9 heteroatoms. The lowest BCUT2D eigenvalue weighted by Crippen LogP contribution is -2.39. The quantitative estimate of drug-likeness (QED) is 0.666. The summed E-state index contributed by atoms with van der Waals surface area (Å²) in [5, 5.41) is 14.4. The molecule has 2 aromatic carbocycles. The van der Waals surface area contributed by atoms with Crippen LogP contribution >= 0.6 is 0 Å². The van der Waals surface area contributed by atoms with Crippen molar-refractivity contribution < 1.29 is 17.7 Å². The molecule has 0 aromatic heterocycles. The Balaban J connectivity index is 2.21. The Hall–Kier alpha value is -2.52. The van der Waals surface area contributed by atoms with Crippen molar-refractivity contribution in [1.82, 2.24) is 5.32 Å². The highest BCUT2D eigenvalue weighted by atomic mass is 32.2. The predicted molar refractivity (Wildman–Crippen MR) is 90.3 cm³/mol. The van der Waals surface area contributed by atoms with Gasteiger partial charge in [0.25, 0.3) is 10.0 Å². The minimum absolute atomic E-state index is 0.0764. The number of hydrogen-bond acceptors (Lipinski definition) is 5. The number of benzene rings is 2. The van der Waals surface area contributed by atoms with Gasteiger partial charge in [-0.05, 0) is 30.7 Å². The van der Waals surface area contributed by atoms with Gasteiger partial charge >= 0.3 is 5.69 Å². The summed E-state index contributed by atoms with van der Waals surface area (Å²) in [6, 6.07) is 9.79. The molecule has 2 aromatic rings. The van der Waals surface area contributed by atoms with E-state index in [1.165, 1.54) is 0 Å². The standard InChI is InChI=1S/C16H16FN3O4S/c1-11-10-19(14-7-3-2-5-12(14)9-18-11)25(23,24)15-8-4-6-13(17)16(15)20(21)22/h2-8,11,18H,9-10H2,1H3. The number of nitrogens with one attached hydrogen (secondary N) is 1. The number of halogens is 1. The number of rotatable bonds is 3. The molecule has 0 radical (unpaired) electrons. The lowest BCUT2D eigenvalue weighted by molar-refractivity contribution is -0.390. The minimum Gasteiger partial charge on any atom is -0.308 e. The zero-order chi connectivity index (χ0) is 18.2. The van der Waals surface area contributed by atoms with Gasteiger partial charge in [0.05, 0.1) is 10.6 Å². The molecule has 1 aliphatic heterocycles. The Morgan fingerprint density at radius 3 is 2.68 bits per heavy atom. The highest BCUT2D eigenvalue weighted by Gasteiger charge is 2.36. The molecule has 7 nitrogen and oxygen atoms in total. The van der Waals surface area contributed by atoms with Crippen LogP contribution in [-0.2, 0) is 16.6 Å². The third-order valence-corrected chi connectivity index (χ3v) is 5.85. The second-order valence-corrected chi connectivity index (χ2v) is 7.62. The van der Waals surface area contributed by atoms with Crippen LogP contribution in [0.1, 0.15) is 12.5 Å². The number of sulfonamides is 1. The molecule has 1 aliphatic rings. The van der Waals surface area contributed by atoms with E-state index in [4.69, 9.17) is 0 Å². The topological polar surface area (TPSA) is 92.5 Å². The number of nitro benzene ring substituents is 1. The Morgan fingerprint density at radius 2 is 1.96 bits per heavy atom. The molecule has 132 valence electrons. The van der Waals surface area contributed by atoms with Crippen LogP contribution in [-0.4, -0.2) is 25.9 Å².